The van der Waals surface area contributed by atoms with Crippen LogP contribution >= 0.6 is 23.1 Å². The maximum Gasteiger partial charge on any atom is 0.225 e. The number of nitrogens with one attached hydrogen (secondary N) is 1. The van der Waals surface area contributed by atoms with Gasteiger partial charge in [0, 0.05) is 23.5 Å². The summed E-state index contributed by atoms with van der Waals surface area (Å²) in [6, 6.07) is 5.44. The van der Waals surface area contributed by atoms with E-state index in [0.717, 1.165) is 15.6 Å². The minimum absolute atomic E-state index is 0.00936. The van der Waals surface area contributed by atoms with Crippen molar-refractivity contribution >= 4 is 40.4 Å². The Morgan fingerprint density at radius 2 is 2.37 bits per heavy atom. The maximum atomic E-state index is 11.8. The number of aromatic nitrogens is 2. The molecule has 0 aliphatic rings. The number of thioether (sulfide) groups is 1. The molecule has 0 fully saturated rings. The Hall–Kier alpha value is -1.60. The molecule has 2 rings (SSSR count). The second-order valence-electron chi connectivity index (χ2n) is 3.93. The molecule has 3 N–H and O–H groups in total. The van der Waals surface area contributed by atoms with Crippen molar-refractivity contribution in [3.63, 3.8) is 0 Å². The molecule has 19 heavy (non-hydrogen) atoms. The largest absolute Gasteiger partial charge is 0.399 e. The summed E-state index contributed by atoms with van der Waals surface area (Å²) in [5, 5.41) is 10.5. The lowest BCUT2D eigenvalue weighted by Gasteiger charge is -2.08. The molecular weight excluding hydrogens is 280 g/mol. The van der Waals surface area contributed by atoms with E-state index in [1.807, 2.05) is 19.1 Å². The number of carbonyl (C=O) groups is 1. The van der Waals surface area contributed by atoms with E-state index in [0.29, 0.717) is 17.9 Å². The van der Waals surface area contributed by atoms with Crippen LogP contribution in [-0.4, -0.2) is 21.9 Å². The molecule has 0 saturated heterocycles. The van der Waals surface area contributed by atoms with Gasteiger partial charge in [0.05, 0.1) is 0 Å². The first-order valence-corrected chi connectivity index (χ1v) is 7.56. The lowest BCUT2D eigenvalue weighted by molar-refractivity contribution is -0.115. The van der Waals surface area contributed by atoms with Gasteiger partial charge in [0.15, 0.2) is 4.34 Å². The van der Waals surface area contributed by atoms with Gasteiger partial charge in [-0.15, -0.1) is 10.2 Å². The van der Waals surface area contributed by atoms with Crippen molar-refractivity contribution in [2.24, 2.45) is 0 Å². The van der Waals surface area contributed by atoms with E-state index in [9.17, 15) is 4.79 Å². The second kappa shape index (κ2) is 6.53. The average Bonchev–Trinajstić information content (AvgIpc) is 2.86. The monoisotopic (exact) mass is 294 g/mol. The molecule has 1 aromatic heterocycles. The number of hydrogen-bond donors (Lipinski definition) is 2. The van der Waals surface area contributed by atoms with E-state index < -0.39 is 0 Å². The number of hydrogen-bond acceptors (Lipinski definition) is 6. The molecule has 0 aliphatic heterocycles. The lowest BCUT2D eigenvalue weighted by Crippen LogP contribution is -2.13. The van der Waals surface area contributed by atoms with E-state index in [4.69, 9.17) is 5.73 Å². The number of benzene rings is 1. The molecule has 0 saturated carbocycles. The molecule has 5 nitrogen and oxygen atoms in total. The quantitative estimate of drug-likeness (QED) is 0.654. The van der Waals surface area contributed by atoms with Crippen molar-refractivity contribution in [3.8, 4) is 0 Å². The van der Waals surface area contributed by atoms with Gasteiger partial charge in [-0.3, -0.25) is 4.79 Å². The van der Waals surface area contributed by atoms with Gasteiger partial charge >= 0.3 is 0 Å². The fraction of sp³-hybridized carbons (Fsp3) is 0.250. The van der Waals surface area contributed by atoms with E-state index in [1.165, 1.54) is 23.1 Å². The molecule has 1 aromatic carbocycles. The van der Waals surface area contributed by atoms with E-state index in [2.05, 4.69) is 15.5 Å². The van der Waals surface area contributed by atoms with Crippen LogP contribution in [0.4, 0.5) is 11.4 Å². The number of rotatable bonds is 5. The van der Waals surface area contributed by atoms with Gasteiger partial charge < -0.3 is 11.1 Å². The first-order valence-electron chi connectivity index (χ1n) is 5.70. The molecule has 0 atom stereocenters. The second-order valence-corrected chi connectivity index (χ2v) is 6.10. The number of anilines is 2. The Kier molecular flexibility index (Phi) is 4.75. The summed E-state index contributed by atoms with van der Waals surface area (Å²) in [5.74, 6) is 0.680. The predicted molar refractivity (Wildman–Crippen MR) is 79.5 cm³/mol. The van der Waals surface area contributed by atoms with Crippen molar-refractivity contribution in [1.82, 2.24) is 10.2 Å². The van der Waals surface area contributed by atoms with Crippen LogP contribution in [0.15, 0.2) is 28.0 Å². The Morgan fingerprint density at radius 1 is 1.53 bits per heavy atom. The number of carbonyl (C=O) groups excluding carboxylic acids is 1. The third-order valence-electron chi connectivity index (χ3n) is 2.42. The minimum Gasteiger partial charge on any atom is -0.399 e. The molecule has 0 spiro atoms. The standard InChI is InChI=1S/C12H14N4OS2/c1-8-6-9(13)2-3-10(8)15-11(17)4-5-18-12-16-14-7-19-12/h2-3,6-7H,4-5,13H2,1H3,(H,15,17). The van der Waals surface area contributed by atoms with Crippen molar-refractivity contribution in [2.45, 2.75) is 17.7 Å². The topological polar surface area (TPSA) is 80.9 Å². The van der Waals surface area contributed by atoms with E-state index >= 15 is 0 Å². The number of nitrogens with zero attached hydrogens (tertiary/aromatic N) is 2. The third kappa shape index (κ3) is 4.22. The van der Waals surface area contributed by atoms with E-state index in [1.54, 1.807) is 11.6 Å². The zero-order valence-electron chi connectivity index (χ0n) is 10.4. The van der Waals surface area contributed by atoms with Crippen LogP contribution < -0.4 is 11.1 Å². The molecule has 2 aromatic rings. The van der Waals surface area contributed by atoms with Gasteiger partial charge in [0.25, 0.3) is 0 Å². The summed E-state index contributed by atoms with van der Waals surface area (Å²) in [7, 11) is 0. The zero-order valence-corrected chi connectivity index (χ0v) is 12.1. The van der Waals surface area contributed by atoms with Crippen molar-refractivity contribution in [1.29, 1.82) is 0 Å². The van der Waals surface area contributed by atoms with Crippen LogP contribution in [0.3, 0.4) is 0 Å². The average molecular weight is 294 g/mol. The van der Waals surface area contributed by atoms with Crippen molar-refractivity contribution < 1.29 is 4.79 Å². The number of aryl methyl sites for hydroxylation is 1. The fourth-order valence-corrected chi connectivity index (χ4v) is 2.99. The highest BCUT2D eigenvalue weighted by Crippen LogP contribution is 2.21. The highest BCUT2D eigenvalue weighted by atomic mass is 32.2. The molecule has 0 aliphatic carbocycles. The summed E-state index contributed by atoms with van der Waals surface area (Å²) >= 11 is 3.01. The lowest BCUT2D eigenvalue weighted by atomic mass is 10.2. The molecule has 100 valence electrons. The van der Waals surface area contributed by atoms with Gasteiger partial charge in [-0.2, -0.15) is 0 Å². The third-order valence-corrected chi connectivity index (χ3v) is 4.28. The summed E-state index contributed by atoms with van der Waals surface area (Å²) in [4.78, 5) is 11.8. The molecule has 1 heterocycles. The van der Waals surface area contributed by atoms with Crippen LogP contribution in [0.1, 0.15) is 12.0 Å². The predicted octanol–water partition coefficient (Wildman–Crippen LogP) is 2.55. The Bertz CT molecular complexity index is 557. The smallest absolute Gasteiger partial charge is 0.225 e. The fourth-order valence-electron chi connectivity index (χ4n) is 1.50. The molecule has 0 unspecified atom stereocenters. The minimum atomic E-state index is -0.00936. The first kappa shape index (κ1) is 13.8. The maximum absolute atomic E-state index is 11.8. The Labute approximate surface area is 119 Å². The molecule has 0 bridgehead atoms. The Balaban J connectivity index is 1.80. The Morgan fingerprint density at radius 3 is 3.05 bits per heavy atom. The van der Waals surface area contributed by atoms with Gasteiger partial charge in [0.1, 0.15) is 5.51 Å². The zero-order chi connectivity index (χ0) is 13.7. The van der Waals surface area contributed by atoms with Crippen LogP contribution in [0.5, 0.6) is 0 Å². The number of nitrogen functional groups attached to an aromatic ring is 1. The van der Waals surface area contributed by atoms with Crippen LogP contribution in [0.25, 0.3) is 0 Å². The number of nitrogens with two attached hydrogens (primary N) is 1. The summed E-state index contributed by atoms with van der Waals surface area (Å²) < 4.78 is 0.886. The van der Waals surface area contributed by atoms with Gasteiger partial charge in [0.2, 0.25) is 5.91 Å². The molecular formula is C12H14N4OS2. The first-order chi connectivity index (χ1) is 9.15. The molecule has 1 amide bonds. The molecule has 7 heteroatoms. The normalized spacial score (nSPS) is 10.4. The number of amides is 1. The van der Waals surface area contributed by atoms with Gasteiger partial charge in [-0.25, -0.2) is 0 Å². The highest BCUT2D eigenvalue weighted by molar-refractivity contribution is 8.01. The van der Waals surface area contributed by atoms with Crippen LogP contribution in [-0.2, 0) is 4.79 Å². The van der Waals surface area contributed by atoms with E-state index in [-0.39, 0.29) is 5.91 Å². The van der Waals surface area contributed by atoms with Crippen LogP contribution in [0, 0.1) is 6.92 Å². The highest BCUT2D eigenvalue weighted by Gasteiger charge is 2.06. The van der Waals surface area contributed by atoms with Gasteiger partial charge in [-0.1, -0.05) is 23.1 Å². The van der Waals surface area contributed by atoms with Crippen molar-refractivity contribution in [3.05, 3.63) is 29.3 Å². The van der Waals surface area contributed by atoms with Crippen molar-refractivity contribution in [2.75, 3.05) is 16.8 Å². The van der Waals surface area contributed by atoms with Crippen LogP contribution in [0.2, 0.25) is 0 Å². The summed E-state index contributed by atoms with van der Waals surface area (Å²) in [6.45, 7) is 1.92. The molecule has 0 radical (unpaired) electrons. The SMILES string of the molecule is Cc1cc(N)ccc1NC(=O)CCSc1nncs1. The summed E-state index contributed by atoms with van der Waals surface area (Å²) in [6.07, 6.45) is 0.439. The van der Waals surface area contributed by atoms with Gasteiger partial charge in [-0.05, 0) is 30.7 Å². The summed E-state index contributed by atoms with van der Waals surface area (Å²) in [5.41, 5.74) is 9.81.